The van der Waals surface area contributed by atoms with Crippen LogP contribution in [-0.4, -0.2) is 5.11 Å². The van der Waals surface area contributed by atoms with E-state index in [1.807, 2.05) is 26.0 Å². The predicted octanol–water partition coefficient (Wildman–Crippen LogP) is 5.27. The first kappa shape index (κ1) is 20.6. The van der Waals surface area contributed by atoms with Crippen LogP contribution in [0, 0.1) is 22.7 Å². The number of benzene rings is 1. The number of nitriles is 2. The van der Waals surface area contributed by atoms with E-state index in [0.717, 1.165) is 28.1 Å². The van der Waals surface area contributed by atoms with Crippen molar-refractivity contribution in [1.29, 1.82) is 10.5 Å². The minimum Gasteiger partial charge on any atom is -0.507 e. The van der Waals surface area contributed by atoms with Crippen LogP contribution in [0.3, 0.4) is 0 Å². The molecule has 0 radical (unpaired) electrons. The lowest BCUT2D eigenvalue weighted by Gasteiger charge is -2.31. The minimum absolute atomic E-state index is 0.274. The lowest BCUT2D eigenvalue weighted by Crippen LogP contribution is -2.25. The number of dihydropyridines is 1. The van der Waals surface area contributed by atoms with Gasteiger partial charge in [0.15, 0.2) is 0 Å². The van der Waals surface area contributed by atoms with E-state index in [-0.39, 0.29) is 10.8 Å². The molecule has 142 valence electrons. The van der Waals surface area contributed by atoms with Gasteiger partial charge < -0.3 is 10.4 Å². The molecule has 0 saturated carbocycles. The fraction of sp³-hybridized carbons (Fsp3) is 0.478. The summed E-state index contributed by atoms with van der Waals surface area (Å²) in [5, 5.41) is 33.7. The molecule has 1 aliphatic rings. The van der Waals surface area contributed by atoms with E-state index in [1.165, 1.54) is 0 Å². The zero-order valence-electron chi connectivity index (χ0n) is 17.6. The monoisotopic (exact) mass is 363 g/mol. The summed E-state index contributed by atoms with van der Waals surface area (Å²) in [5.74, 6) is -0.129. The second-order valence-corrected chi connectivity index (χ2v) is 9.32. The highest BCUT2D eigenvalue weighted by molar-refractivity contribution is 5.59. The van der Waals surface area contributed by atoms with Gasteiger partial charge >= 0.3 is 0 Å². The molecule has 4 heteroatoms. The summed E-state index contributed by atoms with van der Waals surface area (Å²) in [5.41, 5.74) is 4.60. The number of aromatic hydroxyl groups is 1. The van der Waals surface area contributed by atoms with E-state index < -0.39 is 5.92 Å². The van der Waals surface area contributed by atoms with Gasteiger partial charge in [0.25, 0.3) is 0 Å². The van der Waals surface area contributed by atoms with E-state index in [9.17, 15) is 15.6 Å². The van der Waals surface area contributed by atoms with Gasteiger partial charge in [-0.3, -0.25) is 0 Å². The summed E-state index contributed by atoms with van der Waals surface area (Å²) >= 11 is 0. The molecule has 0 fully saturated rings. The Hall–Kier alpha value is -2.72. The number of phenols is 1. The topological polar surface area (TPSA) is 79.8 Å². The fourth-order valence-corrected chi connectivity index (χ4v) is 3.59. The highest BCUT2D eigenvalue weighted by Gasteiger charge is 2.33. The molecule has 0 aliphatic carbocycles. The number of allylic oxidation sites excluding steroid dienone is 4. The van der Waals surface area contributed by atoms with Crippen LogP contribution < -0.4 is 5.32 Å². The summed E-state index contributed by atoms with van der Waals surface area (Å²) in [6, 6.07) is 8.48. The fourth-order valence-electron chi connectivity index (χ4n) is 3.59. The Morgan fingerprint density at radius 2 is 1.22 bits per heavy atom. The van der Waals surface area contributed by atoms with Crippen LogP contribution in [0.25, 0.3) is 0 Å². The van der Waals surface area contributed by atoms with E-state index in [4.69, 9.17) is 0 Å². The molecule has 0 amide bonds. The Balaban J connectivity index is 2.90. The molecule has 0 bridgehead atoms. The normalized spacial score (nSPS) is 16.1. The van der Waals surface area contributed by atoms with E-state index >= 15 is 0 Å². The number of phenolic OH excluding ortho intramolecular Hbond substituents is 1. The van der Waals surface area contributed by atoms with Crippen molar-refractivity contribution < 1.29 is 5.11 Å². The molecule has 0 unspecified atom stereocenters. The molecule has 1 heterocycles. The maximum atomic E-state index is 11.0. The van der Waals surface area contributed by atoms with Gasteiger partial charge in [0.05, 0.1) is 29.2 Å². The van der Waals surface area contributed by atoms with Crippen molar-refractivity contribution in [2.75, 3.05) is 0 Å². The third kappa shape index (κ3) is 3.71. The Morgan fingerprint density at radius 1 is 0.852 bits per heavy atom. The highest BCUT2D eigenvalue weighted by Crippen LogP contribution is 2.44. The van der Waals surface area contributed by atoms with Gasteiger partial charge in [0, 0.05) is 11.4 Å². The lowest BCUT2D eigenvalue weighted by atomic mass is 9.74. The second-order valence-electron chi connectivity index (χ2n) is 9.32. The molecular weight excluding hydrogens is 334 g/mol. The lowest BCUT2D eigenvalue weighted by molar-refractivity contribution is 0.422. The Bertz CT molecular complexity index is 851. The van der Waals surface area contributed by atoms with Crippen molar-refractivity contribution in [2.24, 2.45) is 0 Å². The van der Waals surface area contributed by atoms with Crippen LogP contribution in [0.5, 0.6) is 5.75 Å². The average molecular weight is 364 g/mol. The van der Waals surface area contributed by atoms with Gasteiger partial charge in [-0.2, -0.15) is 10.5 Å². The van der Waals surface area contributed by atoms with Gasteiger partial charge in [-0.15, -0.1) is 0 Å². The minimum atomic E-state index is -0.427. The highest BCUT2D eigenvalue weighted by atomic mass is 16.3. The quantitative estimate of drug-likeness (QED) is 0.712. The van der Waals surface area contributed by atoms with E-state index in [0.29, 0.717) is 16.9 Å². The Kier molecular flexibility index (Phi) is 5.17. The molecule has 0 saturated heterocycles. The van der Waals surface area contributed by atoms with Crippen LogP contribution in [0.15, 0.2) is 34.7 Å². The van der Waals surface area contributed by atoms with Crippen LogP contribution in [-0.2, 0) is 10.8 Å². The maximum absolute atomic E-state index is 11.0. The summed E-state index contributed by atoms with van der Waals surface area (Å²) in [6.45, 7) is 16.0. The maximum Gasteiger partial charge on any atom is 0.123 e. The Labute approximate surface area is 162 Å². The van der Waals surface area contributed by atoms with Crippen molar-refractivity contribution in [2.45, 2.75) is 72.1 Å². The van der Waals surface area contributed by atoms with E-state index in [1.54, 1.807) is 0 Å². The molecule has 0 aromatic heterocycles. The predicted molar refractivity (Wildman–Crippen MR) is 108 cm³/mol. The molecule has 0 atom stereocenters. The largest absolute Gasteiger partial charge is 0.507 e. The molecule has 2 N–H and O–H groups in total. The zero-order chi connectivity index (χ0) is 20.7. The van der Waals surface area contributed by atoms with Crippen LogP contribution in [0.2, 0.25) is 0 Å². The Morgan fingerprint density at radius 3 is 1.52 bits per heavy atom. The average Bonchev–Trinajstić information content (AvgIpc) is 2.52. The zero-order valence-corrected chi connectivity index (χ0v) is 17.6. The second kappa shape index (κ2) is 6.78. The molecular formula is C23H29N3O. The van der Waals surface area contributed by atoms with Crippen molar-refractivity contribution >= 4 is 0 Å². The number of nitrogens with zero attached hydrogens (tertiary/aromatic N) is 2. The number of hydrogen-bond donors (Lipinski definition) is 2. The summed E-state index contributed by atoms with van der Waals surface area (Å²) in [6.07, 6.45) is 0. The first-order valence-electron chi connectivity index (χ1n) is 9.19. The molecule has 2 rings (SSSR count). The summed E-state index contributed by atoms with van der Waals surface area (Å²) in [7, 11) is 0. The number of hydrogen-bond acceptors (Lipinski definition) is 4. The van der Waals surface area contributed by atoms with Gasteiger partial charge in [-0.05, 0) is 41.4 Å². The number of rotatable bonds is 1. The number of nitrogens with one attached hydrogen (secondary N) is 1. The third-order valence-electron chi connectivity index (χ3n) is 5.08. The first-order chi connectivity index (χ1) is 12.3. The molecule has 1 aromatic carbocycles. The van der Waals surface area contributed by atoms with Crippen molar-refractivity contribution in [3.05, 3.63) is 51.4 Å². The van der Waals surface area contributed by atoms with Gasteiger partial charge in [-0.1, -0.05) is 53.7 Å². The molecule has 27 heavy (non-hydrogen) atoms. The summed E-state index contributed by atoms with van der Waals surface area (Å²) in [4.78, 5) is 0. The SMILES string of the molecule is CC1=C(C#N)C(c2cc(C(C)(C)C)c(O)c(C(C)(C)C)c2)C(C#N)=C(C)N1. The van der Waals surface area contributed by atoms with E-state index in [2.05, 4.69) is 59.0 Å². The van der Waals surface area contributed by atoms with Gasteiger partial charge in [0.2, 0.25) is 0 Å². The van der Waals surface area contributed by atoms with Crippen LogP contribution >= 0.6 is 0 Å². The first-order valence-corrected chi connectivity index (χ1v) is 9.19. The molecule has 0 spiro atoms. The van der Waals surface area contributed by atoms with Crippen molar-refractivity contribution in [3.63, 3.8) is 0 Å². The summed E-state index contributed by atoms with van der Waals surface area (Å²) < 4.78 is 0. The third-order valence-corrected chi connectivity index (χ3v) is 5.08. The molecule has 4 nitrogen and oxygen atoms in total. The van der Waals surface area contributed by atoms with Gasteiger partial charge in [-0.25, -0.2) is 0 Å². The van der Waals surface area contributed by atoms with Crippen molar-refractivity contribution in [1.82, 2.24) is 5.32 Å². The van der Waals surface area contributed by atoms with Crippen molar-refractivity contribution in [3.8, 4) is 17.9 Å². The standard InChI is InChI=1S/C23H29N3O/c1-13-16(11-24)20(17(12-25)14(2)26-13)15-9-18(22(3,4)5)21(27)19(10-15)23(6,7)8/h9-10,20,26-27H,1-8H3. The van der Waals surface area contributed by atoms with Crippen LogP contribution in [0.1, 0.15) is 78.0 Å². The smallest absolute Gasteiger partial charge is 0.123 e. The molecule has 1 aromatic rings. The van der Waals surface area contributed by atoms with Gasteiger partial charge in [0.1, 0.15) is 5.75 Å². The molecule has 1 aliphatic heterocycles. The van der Waals surface area contributed by atoms with Crippen LogP contribution in [0.4, 0.5) is 0 Å².